The van der Waals surface area contributed by atoms with Crippen molar-refractivity contribution >= 4 is 17.3 Å². The third-order valence-electron chi connectivity index (χ3n) is 3.16. The van der Waals surface area contributed by atoms with Gasteiger partial charge in [0.05, 0.1) is 15.5 Å². The van der Waals surface area contributed by atoms with Crippen LogP contribution in [0.15, 0.2) is 18.2 Å². The summed E-state index contributed by atoms with van der Waals surface area (Å²) in [6.07, 6.45) is 3.21. The fourth-order valence-corrected chi connectivity index (χ4v) is 2.39. The summed E-state index contributed by atoms with van der Waals surface area (Å²) in [5.74, 6) is 0.0319. The van der Waals surface area contributed by atoms with E-state index >= 15 is 0 Å². The number of nitro groups is 1. The van der Waals surface area contributed by atoms with Gasteiger partial charge in [0.1, 0.15) is 6.61 Å². The Bertz CT molecular complexity index is 457. The van der Waals surface area contributed by atoms with E-state index < -0.39 is 10.5 Å². The Morgan fingerprint density at radius 3 is 2.72 bits per heavy atom. The number of nitrogens with zero attached hydrogens (tertiary/aromatic N) is 1. The van der Waals surface area contributed by atoms with Gasteiger partial charge in [-0.15, -0.1) is 0 Å². The van der Waals surface area contributed by atoms with Crippen molar-refractivity contribution in [3.05, 3.63) is 33.3 Å². The Balaban J connectivity index is 2.15. The molecular weight excluding hydrogens is 258 g/mol. The Morgan fingerprint density at radius 2 is 2.11 bits per heavy atom. The van der Waals surface area contributed by atoms with Gasteiger partial charge in [0, 0.05) is 6.07 Å². The van der Waals surface area contributed by atoms with Crippen molar-refractivity contribution in [1.29, 1.82) is 0 Å². The maximum atomic E-state index is 10.9. The van der Waals surface area contributed by atoms with Crippen LogP contribution < -0.4 is 4.74 Å². The Hall–Kier alpha value is -1.33. The molecule has 98 valence electrons. The number of benzene rings is 1. The zero-order valence-corrected chi connectivity index (χ0v) is 10.5. The van der Waals surface area contributed by atoms with Crippen LogP contribution in [0.25, 0.3) is 0 Å². The molecule has 5 nitrogen and oxygen atoms in total. The highest BCUT2D eigenvalue weighted by Gasteiger charge is 2.33. The molecule has 0 saturated heterocycles. The Kier molecular flexibility index (Phi) is 3.73. The van der Waals surface area contributed by atoms with Gasteiger partial charge in [0.25, 0.3) is 0 Å². The number of ether oxygens (including phenoxy) is 1. The fourth-order valence-electron chi connectivity index (χ4n) is 2.17. The van der Waals surface area contributed by atoms with Crippen molar-refractivity contribution < 1.29 is 14.8 Å². The van der Waals surface area contributed by atoms with Gasteiger partial charge in [0.15, 0.2) is 0 Å². The molecule has 0 radical (unpaired) electrons. The Labute approximate surface area is 109 Å². The highest BCUT2D eigenvalue weighted by Crippen LogP contribution is 2.36. The molecule has 0 unspecified atom stereocenters. The minimum atomic E-state index is -0.882. The first kappa shape index (κ1) is 13.1. The van der Waals surface area contributed by atoms with Crippen molar-refractivity contribution in [3.8, 4) is 5.75 Å². The lowest BCUT2D eigenvalue weighted by Gasteiger charge is -2.22. The van der Waals surface area contributed by atoms with Crippen LogP contribution >= 0.6 is 11.6 Å². The van der Waals surface area contributed by atoms with Crippen molar-refractivity contribution in [3.63, 3.8) is 0 Å². The fraction of sp³-hybridized carbons (Fsp3) is 0.500. The molecule has 0 bridgehead atoms. The van der Waals surface area contributed by atoms with Gasteiger partial charge < -0.3 is 9.84 Å². The summed E-state index contributed by atoms with van der Waals surface area (Å²) in [6.45, 7) is 0.0393. The molecule has 0 aromatic heterocycles. The second kappa shape index (κ2) is 5.12. The average Bonchev–Trinajstić information content (AvgIpc) is 2.74. The van der Waals surface area contributed by atoms with E-state index in [1.54, 1.807) is 0 Å². The molecule has 0 spiro atoms. The molecule has 2 rings (SSSR count). The van der Waals surface area contributed by atoms with Gasteiger partial charge in [-0.05, 0) is 18.9 Å². The molecule has 0 aliphatic heterocycles. The van der Waals surface area contributed by atoms with E-state index in [0.717, 1.165) is 12.8 Å². The molecule has 18 heavy (non-hydrogen) atoms. The van der Waals surface area contributed by atoms with Crippen LogP contribution in [0.5, 0.6) is 5.75 Å². The molecule has 1 aromatic rings. The van der Waals surface area contributed by atoms with Gasteiger partial charge in [-0.1, -0.05) is 30.5 Å². The maximum absolute atomic E-state index is 10.9. The smallest absolute Gasteiger partial charge is 0.312 e. The van der Waals surface area contributed by atoms with E-state index in [-0.39, 0.29) is 23.1 Å². The van der Waals surface area contributed by atoms with Gasteiger partial charge in [-0.25, -0.2) is 0 Å². The zero-order chi connectivity index (χ0) is 13.2. The van der Waals surface area contributed by atoms with Crippen molar-refractivity contribution in [2.24, 2.45) is 0 Å². The predicted octanol–water partition coefficient (Wildman–Crippen LogP) is 2.93. The third kappa shape index (κ3) is 2.73. The van der Waals surface area contributed by atoms with Crippen LogP contribution in [0, 0.1) is 10.1 Å². The average molecular weight is 272 g/mol. The number of aliphatic hydroxyl groups is 1. The lowest BCUT2D eigenvalue weighted by molar-refractivity contribution is -0.386. The summed E-state index contributed by atoms with van der Waals surface area (Å²) < 4.78 is 5.39. The maximum Gasteiger partial charge on any atom is 0.312 e. The predicted molar refractivity (Wildman–Crippen MR) is 67.0 cm³/mol. The van der Waals surface area contributed by atoms with Gasteiger partial charge >= 0.3 is 5.69 Å². The van der Waals surface area contributed by atoms with E-state index in [1.165, 1.54) is 18.2 Å². The normalized spacial score (nSPS) is 17.7. The second-order valence-electron chi connectivity index (χ2n) is 4.57. The molecule has 1 aliphatic rings. The first-order valence-electron chi connectivity index (χ1n) is 5.80. The lowest BCUT2D eigenvalue weighted by atomic mass is 10.0. The van der Waals surface area contributed by atoms with Crippen molar-refractivity contribution in [2.75, 3.05) is 6.61 Å². The number of hydrogen-bond donors (Lipinski definition) is 1. The van der Waals surface area contributed by atoms with Crippen molar-refractivity contribution in [2.45, 2.75) is 31.3 Å². The summed E-state index contributed by atoms with van der Waals surface area (Å²) in [7, 11) is 0. The van der Waals surface area contributed by atoms with Crippen LogP contribution in [0.2, 0.25) is 5.02 Å². The standard InChI is InChI=1S/C12H14ClNO4/c13-9-4-3-5-10(14(16)17)11(9)18-8-12(15)6-1-2-7-12/h3-5,15H,1-2,6-8H2. The van der Waals surface area contributed by atoms with Crippen LogP contribution in [-0.2, 0) is 0 Å². The molecule has 1 saturated carbocycles. The second-order valence-corrected chi connectivity index (χ2v) is 4.97. The minimum Gasteiger partial charge on any atom is -0.483 e. The molecular formula is C12H14ClNO4. The van der Waals surface area contributed by atoms with Gasteiger partial charge in [-0.3, -0.25) is 10.1 Å². The van der Waals surface area contributed by atoms with Crippen LogP contribution in [0.3, 0.4) is 0 Å². The van der Waals surface area contributed by atoms with Gasteiger partial charge in [-0.2, -0.15) is 0 Å². The summed E-state index contributed by atoms with van der Waals surface area (Å²) in [6, 6.07) is 4.36. The molecule has 6 heteroatoms. The molecule has 1 aliphatic carbocycles. The number of hydrogen-bond acceptors (Lipinski definition) is 4. The molecule has 1 fully saturated rings. The van der Waals surface area contributed by atoms with E-state index in [9.17, 15) is 15.2 Å². The zero-order valence-electron chi connectivity index (χ0n) is 9.76. The van der Waals surface area contributed by atoms with E-state index in [1.807, 2.05) is 0 Å². The highest BCUT2D eigenvalue weighted by atomic mass is 35.5. The molecule has 0 amide bonds. The topological polar surface area (TPSA) is 72.6 Å². The minimum absolute atomic E-state index is 0.0319. The quantitative estimate of drug-likeness (QED) is 0.675. The molecule has 0 heterocycles. The van der Waals surface area contributed by atoms with E-state index in [2.05, 4.69) is 0 Å². The summed E-state index contributed by atoms with van der Waals surface area (Å²) in [5, 5.41) is 21.2. The first-order valence-corrected chi connectivity index (χ1v) is 6.18. The third-order valence-corrected chi connectivity index (χ3v) is 3.46. The van der Waals surface area contributed by atoms with E-state index in [4.69, 9.17) is 16.3 Å². The first-order chi connectivity index (χ1) is 8.52. The highest BCUT2D eigenvalue weighted by molar-refractivity contribution is 6.32. The molecule has 0 atom stereocenters. The number of rotatable bonds is 4. The summed E-state index contributed by atoms with van der Waals surface area (Å²) in [5.41, 5.74) is -1.06. The monoisotopic (exact) mass is 271 g/mol. The van der Waals surface area contributed by atoms with Crippen LogP contribution in [0.1, 0.15) is 25.7 Å². The lowest BCUT2D eigenvalue weighted by Crippen LogP contribution is -2.32. The van der Waals surface area contributed by atoms with Crippen molar-refractivity contribution in [1.82, 2.24) is 0 Å². The Morgan fingerprint density at radius 1 is 1.44 bits per heavy atom. The van der Waals surface area contributed by atoms with Crippen LogP contribution in [-0.4, -0.2) is 22.2 Å². The van der Waals surface area contributed by atoms with Crippen LogP contribution in [0.4, 0.5) is 5.69 Å². The number of para-hydroxylation sites is 1. The summed E-state index contributed by atoms with van der Waals surface area (Å²) in [4.78, 5) is 10.3. The number of nitro benzene ring substituents is 1. The summed E-state index contributed by atoms with van der Waals surface area (Å²) >= 11 is 5.89. The molecule has 1 aromatic carbocycles. The largest absolute Gasteiger partial charge is 0.483 e. The molecule has 1 N–H and O–H groups in total. The van der Waals surface area contributed by atoms with E-state index in [0.29, 0.717) is 12.8 Å². The number of halogens is 1. The van der Waals surface area contributed by atoms with Gasteiger partial charge in [0.2, 0.25) is 5.75 Å². The SMILES string of the molecule is O=[N+]([O-])c1cccc(Cl)c1OCC1(O)CCCC1.